The second-order valence-electron chi connectivity index (χ2n) is 10.7. The Balaban J connectivity index is 1.47. The lowest BCUT2D eigenvalue weighted by atomic mass is 9.55. The Hall–Kier alpha value is -2.29. The molecule has 1 N–H and O–H groups in total. The summed E-state index contributed by atoms with van der Waals surface area (Å²) in [5, 5.41) is 10.1. The van der Waals surface area contributed by atoms with Crippen LogP contribution < -0.4 is 4.90 Å². The van der Waals surface area contributed by atoms with Crippen molar-refractivity contribution < 1.29 is 9.90 Å². The molecule has 3 heteroatoms. The Morgan fingerprint density at radius 2 is 1.69 bits per heavy atom. The van der Waals surface area contributed by atoms with Crippen LogP contribution in [0.15, 0.2) is 42.5 Å². The van der Waals surface area contributed by atoms with E-state index in [4.69, 9.17) is 0 Å². The Labute approximate surface area is 192 Å². The number of hydrogen-bond acceptors (Lipinski definition) is 3. The summed E-state index contributed by atoms with van der Waals surface area (Å²) in [6, 6.07) is 15.4. The fourth-order valence-corrected chi connectivity index (χ4v) is 6.93. The van der Waals surface area contributed by atoms with Crippen LogP contribution in [-0.4, -0.2) is 24.5 Å². The third-order valence-corrected chi connectivity index (χ3v) is 8.89. The van der Waals surface area contributed by atoms with E-state index >= 15 is 0 Å². The number of piperidine rings is 1. The van der Waals surface area contributed by atoms with Crippen molar-refractivity contribution in [2.24, 2.45) is 17.3 Å². The third-order valence-electron chi connectivity index (χ3n) is 8.89. The van der Waals surface area contributed by atoms with Crippen molar-refractivity contribution in [3.05, 3.63) is 59.2 Å². The molecule has 2 aromatic carbocycles. The summed E-state index contributed by atoms with van der Waals surface area (Å²) in [6.45, 7) is 4.48. The smallest absolute Gasteiger partial charge is 0.123 e. The molecule has 32 heavy (non-hydrogen) atoms. The zero-order valence-electron chi connectivity index (χ0n) is 19.4. The lowest BCUT2D eigenvalue weighted by molar-refractivity contribution is -0.111. The van der Waals surface area contributed by atoms with E-state index in [1.54, 1.807) is 0 Å². The molecular formula is C29H37NO2. The zero-order chi connectivity index (χ0) is 22.1. The second-order valence-corrected chi connectivity index (χ2v) is 10.7. The molecule has 2 atom stereocenters. The number of carbonyl (C=O) groups is 1. The van der Waals surface area contributed by atoms with Gasteiger partial charge in [0, 0.05) is 30.6 Å². The summed E-state index contributed by atoms with van der Waals surface area (Å²) < 4.78 is 0. The van der Waals surface area contributed by atoms with Gasteiger partial charge in [0.15, 0.2) is 0 Å². The van der Waals surface area contributed by atoms with Crippen LogP contribution in [0.3, 0.4) is 0 Å². The molecule has 0 spiro atoms. The van der Waals surface area contributed by atoms with Gasteiger partial charge in [0.1, 0.15) is 12.0 Å². The van der Waals surface area contributed by atoms with Crippen LogP contribution in [-0.2, 0) is 11.2 Å². The minimum atomic E-state index is 0.233. The number of aromatic hydroxyl groups is 1. The SMILES string of the molecule is C[C@@]1(C2CCCCC2)CCc2cc(O)ccc2[C@H]1c1ccc(N2CCC(C=O)CC2)cc1. The Morgan fingerprint density at radius 1 is 0.969 bits per heavy atom. The second kappa shape index (κ2) is 8.92. The molecular weight excluding hydrogens is 394 g/mol. The Kier molecular flexibility index (Phi) is 6.01. The molecule has 5 rings (SSSR count). The monoisotopic (exact) mass is 431 g/mol. The lowest BCUT2D eigenvalue weighted by Crippen LogP contribution is -2.39. The van der Waals surface area contributed by atoms with Crippen LogP contribution in [0.5, 0.6) is 5.75 Å². The molecule has 3 nitrogen and oxygen atoms in total. The van der Waals surface area contributed by atoms with Gasteiger partial charge in [-0.15, -0.1) is 0 Å². The molecule has 0 amide bonds. The predicted octanol–water partition coefficient (Wildman–Crippen LogP) is 6.47. The average molecular weight is 432 g/mol. The number of benzene rings is 2. The van der Waals surface area contributed by atoms with Gasteiger partial charge in [-0.3, -0.25) is 0 Å². The van der Waals surface area contributed by atoms with E-state index in [0.717, 1.165) is 44.6 Å². The minimum absolute atomic E-state index is 0.233. The molecule has 0 radical (unpaired) electrons. The summed E-state index contributed by atoms with van der Waals surface area (Å²) in [6.07, 6.45) is 12.1. The highest BCUT2D eigenvalue weighted by molar-refractivity contribution is 5.56. The highest BCUT2D eigenvalue weighted by Crippen LogP contribution is 2.56. The lowest BCUT2D eigenvalue weighted by Gasteiger charge is -2.49. The molecule has 0 unspecified atom stereocenters. The summed E-state index contributed by atoms with van der Waals surface area (Å²) in [5.41, 5.74) is 5.69. The average Bonchev–Trinajstić information content (AvgIpc) is 2.85. The molecule has 1 aliphatic heterocycles. The maximum atomic E-state index is 11.1. The predicted molar refractivity (Wildman–Crippen MR) is 130 cm³/mol. The van der Waals surface area contributed by atoms with Crippen LogP contribution in [0.4, 0.5) is 5.69 Å². The molecule has 1 saturated heterocycles. The molecule has 3 aliphatic rings. The summed E-state index contributed by atoms with van der Waals surface area (Å²) in [7, 11) is 0. The fraction of sp³-hybridized carbons (Fsp3) is 0.552. The van der Waals surface area contributed by atoms with Crippen LogP contribution >= 0.6 is 0 Å². The van der Waals surface area contributed by atoms with E-state index in [1.165, 1.54) is 60.9 Å². The van der Waals surface area contributed by atoms with Crippen LogP contribution in [0.2, 0.25) is 0 Å². The molecule has 170 valence electrons. The third kappa shape index (κ3) is 3.95. The number of phenolic OH excluding ortho intramolecular Hbond substituents is 1. The highest BCUT2D eigenvalue weighted by atomic mass is 16.3. The van der Waals surface area contributed by atoms with Gasteiger partial charge in [-0.05, 0) is 90.8 Å². The van der Waals surface area contributed by atoms with Gasteiger partial charge in [0.2, 0.25) is 0 Å². The fourth-order valence-electron chi connectivity index (χ4n) is 6.93. The number of nitrogens with zero attached hydrogens (tertiary/aromatic N) is 1. The van der Waals surface area contributed by atoms with Crippen molar-refractivity contribution in [1.82, 2.24) is 0 Å². The van der Waals surface area contributed by atoms with E-state index in [-0.39, 0.29) is 11.3 Å². The van der Waals surface area contributed by atoms with Crippen molar-refractivity contribution in [3.63, 3.8) is 0 Å². The number of hydrogen-bond donors (Lipinski definition) is 1. The number of aldehydes is 1. The van der Waals surface area contributed by atoms with E-state index in [9.17, 15) is 9.90 Å². The van der Waals surface area contributed by atoms with Crippen LogP contribution in [0, 0.1) is 17.3 Å². The maximum absolute atomic E-state index is 11.1. The topological polar surface area (TPSA) is 40.5 Å². The quantitative estimate of drug-likeness (QED) is 0.564. The number of anilines is 1. The van der Waals surface area contributed by atoms with E-state index < -0.39 is 0 Å². The normalized spacial score (nSPS) is 27.2. The van der Waals surface area contributed by atoms with Crippen molar-refractivity contribution in [1.29, 1.82) is 0 Å². The van der Waals surface area contributed by atoms with Gasteiger partial charge >= 0.3 is 0 Å². The number of fused-ring (bicyclic) bond motifs is 1. The standard InChI is InChI=1S/C29H37NO2/c1-29(24-5-3-2-4-6-24)16-13-23-19-26(32)11-12-27(23)28(29)22-7-9-25(10-8-22)30-17-14-21(20-31)15-18-30/h7-12,19-21,24,28,32H,2-6,13-18H2,1H3/t28-,29+/m1/s1. The summed E-state index contributed by atoms with van der Waals surface area (Å²) >= 11 is 0. The molecule has 2 fully saturated rings. The first-order valence-electron chi connectivity index (χ1n) is 12.7. The van der Waals surface area contributed by atoms with Crippen LogP contribution in [0.1, 0.15) is 80.9 Å². The van der Waals surface area contributed by atoms with E-state index in [0.29, 0.717) is 11.7 Å². The minimum Gasteiger partial charge on any atom is -0.508 e. The van der Waals surface area contributed by atoms with Crippen molar-refractivity contribution in [3.8, 4) is 5.75 Å². The van der Waals surface area contributed by atoms with Crippen molar-refractivity contribution in [2.75, 3.05) is 18.0 Å². The van der Waals surface area contributed by atoms with Gasteiger partial charge in [0.05, 0.1) is 0 Å². The largest absolute Gasteiger partial charge is 0.508 e. The molecule has 0 bridgehead atoms. The first kappa shape index (κ1) is 21.6. The van der Waals surface area contributed by atoms with E-state index in [2.05, 4.69) is 42.2 Å². The zero-order valence-corrected chi connectivity index (χ0v) is 19.4. The first-order valence-corrected chi connectivity index (χ1v) is 12.7. The first-order chi connectivity index (χ1) is 15.6. The molecule has 1 heterocycles. The Bertz CT molecular complexity index is 938. The molecule has 0 aromatic heterocycles. The van der Waals surface area contributed by atoms with Gasteiger partial charge in [-0.25, -0.2) is 0 Å². The van der Waals surface area contributed by atoms with Gasteiger partial charge in [0.25, 0.3) is 0 Å². The number of phenols is 1. The van der Waals surface area contributed by atoms with Crippen LogP contribution in [0.25, 0.3) is 0 Å². The van der Waals surface area contributed by atoms with E-state index in [1.807, 2.05) is 12.1 Å². The molecule has 2 aromatic rings. The number of rotatable bonds is 4. The summed E-state index contributed by atoms with van der Waals surface area (Å²) in [5.74, 6) is 1.77. The molecule has 2 aliphatic carbocycles. The maximum Gasteiger partial charge on any atom is 0.123 e. The highest BCUT2D eigenvalue weighted by Gasteiger charge is 2.45. The number of aryl methyl sites for hydroxylation is 1. The summed E-state index contributed by atoms with van der Waals surface area (Å²) in [4.78, 5) is 13.5. The van der Waals surface area contributed by atoms with Crippen molar-refractivity contribution >= 4 is 12.0 Å². The van der Waals surface area contributed by atoms with Gasteiger partial charge < -0.3 is 14.8 Å². The number of carbonyl (C=O) groups excluding carboxylic acids is 1. The Morgan fingerprint density at radius 3 is 2.38 bits per heavy atom. The van der Waals surface area contributed by atoms with Gasteiger partial charge in [-0.2, -0.15) is 0 Å². The van der Waals surface area contributed by atoms with Gasteiger partial charge in [-0.1, -0.05) is 44.4 Å². The van der Waals surface area contributed by atoms with Crippen molar-refractivity contribution in [2.45, 2.75) is 70.6 Å². The molecule has 1 saturated carbocycles.